The van der Waals surface area contributed by atoms with Gasteiger partial charge in [-0.05, 0) is 13.8 Å². The van der Waals surface area contributed by atoms with Crippen LogP contribution in [0.1, 0.15) is 27.2 Å². The highest BCUT2D eigenvalue weighted by Gasteiger charge is 2.48. The van der Waals surface area contributed by atoms with E-state index >= 15 is 0 Å². The first kappa shape index (κ1) is 10.9. The van der Waals surface area contributed by atoms with E-state index in [4.69, 9.17) is 18.9 Å². The van der Waals surface area contributed by atoms with Crippen LogP contribution in [0.3, 0.4) is 0 Å². The zero-order chi connectivity index (χ0) is 11.1. The lowest BCUT2D eigenvalue weighted by molar-refractivity contribution is -0.209. The van der Waals surface area contributed by atoms with Gasteiger partial charge < -0.3 is 18.9 Å². The van der Waals surface area contributed by atoms with Gasteiger partial charge in [0.25, 0.3) is 0 Å². The molecule has 5 heteroatoms. The van der Waals surface area contributed by atoms with Gasteiger partial charge in [-0.25, -0.2) is 0 Å². The number of hydrogen-bond acceptors (Lipinski definition) is 5. The number of carbonyl (C=O) groups excluding carboxylic acids is 1. The Morgan fingerprint density at radius 2 is 2.20 bits per heavy atom. The van der Waals surface area contributed by atoms with Gasteiger partial charge in [0.05, 0.1) is 6.10 Å². The van der Waals surface area contributed by atoms with Gasteiger partial charge in [-0.3, -0.25) is 4.79 Å². The molecule has 2 saturated heterocycles. The van der Waals surface area contributed by atoms with Crippen molar-refractivity contribution >= 4 is 5.97 Å². The molecule has 2 heterocycles. The van der Waals surface area contributed by atoms with Crippen LogP contribution < -0.4 is 0 Å². The first-order chi connectivity index (χ1) is 6.96. The second-order valence-electron chi connectivity index (χ2n) is 4.34. The number of ether oxygens (including phenoxy) is 4. The van der Waals surface area contributed by atoms with Crippen molar-refractivity contribution < 1.29 is 23.7 Å². The second-order valence-corrected chi connectivity index (χ2v) is 4.34. The SMILES string of the molecule is CC(=O)OCC1CC2OC(C)(C)OC2O1. The topological polar surface area (TPSA) is 54.0 Å². The summed E-state index contributed by atoms with van der Waals surface area (Å²) in [5.74, 6) is -0.861. The molecule has 5 nitrogen and oxygen atoms in total. The van der Waals surface area contributed by atoms with E-state index in [1.807, 2.05) is 13.8 Å². The van der Waals surface area contributed by atoms with Gasteiger partial charge in [0.15, 0.2) is 12.1 Å². The summed E-state index contributed by atoms with van der Waals surface area (Å²) in [7, 11) is 0. The van der Waals surface area contributed by atoms with Crippen LogP contribution >= 0.6 is 0 Å². The third kappa shape index (κ3) is 2.48. The molecule has 3 unspecified atom stereocenters. The number of fused-ring (bicyclic) bond motifs is 1. The van der Waals surface area contributed by atoms with Crippen molar-refractivity contribution in [3.05, 3.63) is 0 Å². The Labute approximate surface area is 88.6 Å². The fourth-order valence-corrected chi connectivity index (χ4v) is 1.90. The lowest BCUT2D eigenvalue weighted by Crippen LogP contribution is -2.26. The van der Waals surface area contributed by atoms with Crippen LogP contribution in [0.15, 0.2) is 0 Å². The molecule has 0 aliphatic carbocycles. The smallest absolute Gasteiger partial charge is 0.302 e. The molecule has 2 fully saturated rings. The molecule has 0 amide bonds. The molecule has 0 N–H and O–H groups in total. The zero-order valence-corrected chi connectivity index (χ0v) is 9.19. The fraction of sp³-hybridized carbons (Fsp3) is 0.900. The van der Waals surface area contributed by atoms with Crippen molar-refractivity contribution in [1.29, 1.82) is 0 Å². The summed E-state index contributed by atoms with van der Waals surface area (Å²) in [6.07, 6.45) is 0.239. The largest absolute Gasteiger partial charge is 0.463 e. The Morgan fingerprint density at radius 3 is 2.80 bits per heavy atom. The summed E-state index contributed by atoms with van der Waals surface area (Å²) in [5, 5.41) is 0. The van der Waals surface area contributed by atoms with Crippen LogP contribution in [-0.4, -0.2) is 36.9 Å². The first-order valence-corrected chi connectivity index (χ1v) is 5.11. The van der Waals surface area contributed by atoms with Crippen molar-refractivity contribution in [1.82, 2.24) is 0 Å². The summed E-state index contributed by atoms with van der Waals surface area (Å²) in [4.78, 5) is 10.6. The number of rotatable bonds is 2. The van der Waals surface area contributed by atoms with E-state index in [9.17, 15) is 4.79 Å². The molecule has 0 aromatic carbocycles. The van der Waals surface area contributed by atoms with Crippen molar-refractivity contribution in [2.75, 3.05) is 6.61 Å². The molecular formula is C10H16O5. The maximum atomic E-state index is 10.6. The minimum atomic E-state index is -0.568. The molecule has 86 valence electrons. The summed E-state index contributed by atoms with van der Waals surface area (Å²) >= 11 is 0. The van der Waals surface area contributed by atoms with Crippen LogP contribution in [-0.2, 0) is 23.7 Å². The quantitative estimate of drug-likeness (QED) is 0.639. The lowest BCUT2D eigenvalue weighted by Gasteiger charge is -2.20. The molecule has 0 saturated carbocycles. The fourth-order valence-electron chi connectivity index (χ4n) is 1.90. The molecule has 2 rings (SSSR count). The van der Waals surface area contributed by atoms with Crippen LogP contribution in [0.5, 0.6) is 0 Å². The molecule has 15 heavy (non-hydrogen) atoms. The molecular weight excluding hydrogens is 200 g/mol. The summed E-state index contributed by atoms with van der Waals surface area (Å²) < 4.78 is 21.6. The third-order valence-electron chi connectivity index (χ3n) is 2.43. The Balaban J connectivity index is 1.81. The van der Waals surface area contributed by atoms with Gasteiger partial charge in [0.1, 0.15) is 12.7 Å². The number of esters is 1. The van der Waals surface area contributed by atoms with Crippen LogP contribution in [0.2, 0.25) is 0 Å². The Kier molecular flexibility index (Phi) is 2.70. The minimum absolute atomic E-state index is 0.0411. The predicted octanol–water partition coefficient (Wildman–Crippen LogP) is 0.816. The molecule has 0 spiro atoms. The number of hydrogen-bond donors (Lipinski definition) is 0. The highest BCUT2D eigenvalue weighted by Crippen LogP contribution is 2.36. The highest BCUT2D eigenvalue weighted by molar-refractivity contribution is 5.65. The van der Waals surface area contributed by atoms with E-state index in [0.29, 0.717) is 6.42 Å². The van der Waals surface area contributed by atoms with Gasteiger partial charge in [0, 0.05) is 13.3 Å². The van der Waals surface area contributed by atoms with E-state index in [1.165, 1.54) is 6.92 Å². The monoisotopic (exact) mass is 216 g/mol. The molecule has 0 radical (unpaired) electrons. The predicted molar refractivity (Wildman–Crippen MR) is 49.9 cm³/mol. The number of carbonyl (C=O) groups is 1. The van der Waals surface area contributed by atoms with Crippen molar-refractivity contribution in [3.63, 3.8) is 0 Å². The van der Waals surface area contributed by atoms with Crippen molar-refractivity contribution in [3.8, 4) is 0 Å². The Morgan fingerprint density at radius 1 is 1.47 bits per heavy atom. The third-order valence-corrected chi connectivity index (χ3v) is 2.43. The van der Waals surface area contributed by atoms with E-state index in [1.54, 1.807) is 0 Å². The standard InChI is InChI=1S/C10H16O5/c1-6(11)12-5-7-4-8-9(13-7)15-10(2,3)14-8/h7-9H,4-5H2,1-3H3. The van der Waals surface area contributed by atoms with Gasteiger partial charge in [-0.2, -0.15) is 0 Å². The molecule has 2 aliphatic rings. The van der Waals surface area contributed by atoms with Crippen LogP contribution in [0.25, 0.3) is 0 Å². The van der Waals surface area contributed by atoms with Crippen molar-refractivity contribution in [2.45, 2.75) is 51.5 Å². The molecule has 0 aromatic heterocycles. The van der Waals surface area contributed by atoms with Crippen LogP contribution in [0, 0.1) is 0 Å². The normalized spacial score (nSPS) is 37.7. The molecule has 0 aromatic rings. The van der Waals surface area contributed by atoms with E-state index < -0.39 is 5.79 Å². The summed E-state index contributed by atoms with van der Waals surface area (Å²) in [6, 6.07) is 0. The average molecular weight is 216 g/mol. The summed E-state index contributed by atoms with van der Waals surface area (Å²) in [6.45, 7) is 5.37. The average Bonchev–Trinajstić information content (AvgIpc) is 2.53. The first-order valence-electron chi connectivity index (χ1n) is 5.11. The molecule has 2 aliphatic heterocycles. The summed E-state index contributed by atoms with van der Waals surface area (Å²) in [5.41, 5.74) is 0. The molecule has 0 bridgehead atoms. The van der Waals surface area contributed by atoms with Gasteiger partial charge in [-0.1, -0.05) is 0 Å². The zero-order valence-electron chi connectivity index (χ0n) is 9.19. The maximum absolute atomic E-state index is 10.6. The van der Waals surface area contributed by atoms with Gasteiger partial charge >= 0.3 is 5.97 Å². The highest BCUT2D eigenvalue weighted by atomic mass is 16.8. The van der Waals surface area contributed by atoms with Crippen molar-refractivity contribution in [2.24, 2.45) is 0 Å². The Hall–Kier alpha value is -0.650. The Bertz CT molecular complexity index is 247. The lowest BCUT2D eigenvalue weighted by atomic mass is 10.2. The van der Waals surface area contributed by atoms with Gasteiger partial charge in [-0.15, -0.1) is 0 Å². The maximum Gasteiger partial charge on any atom is 0.302 e. The van der Waals surface area contributed by atoms with E-state index in [0.717, 1.165) is 0 Å². The molecule has 3 atom stereocenters. The van der Waals surface area contributed by atoms with E-state index in [-0.39, 0.29) is 31.1 Å². The van der Waals surface area contributed by atoms with Crippen LogP contribution in [0.4, 0.5) is 0 Å². The van der Waals surface area contributed by atoms with Gasteiger partial charge in [0.2, 0.25) is 0 Å². The van der Waals surface area contributed by atoms with E-state index in [2.05, 4.69) is 0 Å². The second kappa shape index (κ2) is 3.73. The minimum Gasteiger partial charge on any atom is -0.463 e.